The van der Waals surface area contributed by atoms with Crippen molar-refractivity contribution >= 4 is 17.5 Å². The van der Waals surface area contributed by atoms with E-state index >= 15 is 0 Å². The molecule has 164 valence electrons. The third-order valence-electron chi connectivity index (χ3n) is 6.64. The molecule has 1 amide bonds. The van der Waals surface area contributed by atoms with Crippen molar-refractivity contribution in [3.63, 3.8) is 0 Å². The Labute approximate surface area is 193 Å². The summed E-state index contributed by atoms with van der Waals surface area (Å²) in [5, 5.41) is 4.14. The van der Waals surface area contributed by atoms with E-state index in [-0.39, 0.29) is 24.1 Å². The smallest absolute Gasteiger partial charge is 0.236 e. The Hall–Kier alpha value is -2.73. The second-order valence-electron chi connectivity index (χ2n) is 8.47. The molecule has 2 aliphatic heterocycles. The molecule has 2 aliphatic rings. The van der Waals surface area contributed by atoms with Crippen molar-refractivity contribution in [2.45, 2.75) is 31.1 Å². The molecule has 32 heavy (non-hydrogen) atoms. The lowest BCUT2D eigenvalue weighted by Crippen LogP contribution is -2.48. The van der Waals surface area contributed by atoms with Crippen LogP contribution in [0.3, 0.4) is 0 Å². The maximum absolute atomic E-state index is 13.1. The van der Waals surface area contributed by atoms with Gasteiger partial charge in [-0.3, -0.25) is 15.1 Å². The second kappa shape index (κ2) is 9.02. The van der Waals surface area contributed by atoms with E-state index in [1.807, 2.05) is 41.3 Å². The van der Waals surface area contributed by atoms with E-state index in [9.17, 15) is 4.79 Å². The number of pyridine rings is 1. The average Bonchev–Trinajstić information content (AvgIpc) is 3.19. The molecule has 3 aromatic rings. The SMILES string of the molecule is O=C(CNC(c1ccncc1)c1ccc(Cl)cc1)N1CCC2(CC1)OCc1ccccc12. The number of ether oxygens (including phenoxy) is 1. The van der Waals surface area contributed by atoms with E-state index in [1.54, 1.807) is 12.4 Å². The monoisotopic (exact) mass is 447 g/mol. The summed E-state index contributed by atoms with van der Waals surface area (Å²) in [6, 6.07) is 20.0. The number of amides is 1. The number of nitrogens with one attached hydrogen (secondary N) is 1. The number of rotatable bonds is 5. The predicted molar refractivity (Wildman–Crippen MR) is 124 cm³/mol. The van der Waals surface area contributed by atoms with Crippen molar-refractivity contribution in [3.05, 3.63) is 100 Å². The minimum Gasteiger partial charge on any atom is -0.365 e. The van der Waals surface area contributed by atoms with Crippen LogP contribution in [0.15, 0.2) is 73.1 Å². The van der Waals surface area contributed by atoms with Crippen molar-refractivity contribution in [2.75, 3.05) is 19.6 Å². The van der Waals surface area contributed by atoms with Gasteiger partial charge in [0, 0.05) is 30.5 Å². The Morgan fingerprint density at radius 3 is 2.47 bits per heavy atom. The Balaban J connectivity index is 1.24. The number of carbonyl (C=O) groups excluding carboxylic acids is 1. The van der Waals surface area contributed by atoms with Gasteiger partial charge in [-0.1, -0.05) is 48.0 Å². The summed E-state index contributed by atoms with van der Waals surface area (Å²) in [5.41, 5.74) is 4.46. The summed E-state index contributed by atoms with van der Waals surface area (Å²) in [4.78, 5) is 19.1. The van der Waals surface area contributed by atoms with Gasteiger partial charge in [-0.25, -0.2) is 0 Å². The summed E-state index contributed by atoms with van der Waals surface area (Å²) < 4.78 is 6.23. The lowest BCUT2D eigenvalue weighted by atomic mass is 9.84. The summed E-state index contributed by atoms with van der Waals surface area (Å²) >= 11 is 6.07. The van der Waals surface area contributed by atoms with E-state index in [2.05, 4.69) is 34.6 Å². The van der Waals surface area contributed by atoms with Crippen LogP contribution >= 0.6 is 11.6 Å². The number of hydrogen-bond acceptors (Lipinski definition) is 4. The van der Waals surface area contributed by atoms with Gasteiger partial charge in [0.15, 0.2) is 0 Å². The molecule has 1 aromatic heterocycles. The molecule has 1 N–H and O–H groups in total. The first-order valence-corrected chi connectivity index (χ1v) is 11.4. The topological polar surface area (TPSA) is 54.5 Å². The van der Waals surface area contributed by atoms with Crippen molar-refractivity contribution in [1.29, 1.82) is 0 Å². The maximum atomic E-state index is 13.1. The number of benzene rings is 2. The zero-order valence-electron chi connectivity index (χ0n) is 17.8. The van der Waals surface area contributed by atoms with E-state index < -0.39 is 0 Å². The Bertz CT molecular complexity index is 1080. The fraction of sp³-hybridized carbons (Fsp3) is 0.308. The fourth-order valence-electron chi connectivity index (χ4n) is 4.86. The zero-order chi connectivity index (χ0) is 22.0. The minimum absolute atomic E-state index is 0.110. The van der Waals surface area contributed by atoms with E-state index in [0.29, 0.717) is 24.7 Å². The summed E-state index contributed by atoms with van der Waals surface area (Å²) in [7, 11) is 0. The Morgan fingerprint density at radius 1 is 1.03 bits per heavy atom. The molecule has 5 nitrogen and oxygen atoms in total. The fourth-order valence-corrected chi connectivity index (χ4v) is 4.98. The van der Waals surface area contributed by atoms with Crippen LogP contribution in [0.1, 0.15) is 41.1 Å². The molecular weight excluding hydrogens is 422 g/mol. The molecule has 1 fully saturated rings. The van der Waals surface area contributed by atoms with Gasteiger partial charge in [0.1, 0.15) is 0 Å². The van der Waals surface area contributed by atoms with Crippen LogP contribution < -0.4 is 5.32 Å². The molecule has 0 saturated carbocycles. The molecular formula is C26H26ClN3O2. The molecule has 1 spiro atoms. The average molecular weight is 448 g/mol. The van der Waals surface area contributed by atoms with Gasteiger partial charge in [-0.15, -0.1) is 0 Å². The quantitative estimate of drug-likeness (QED) is 0.627. The zero-order valence-corrected chi connectivity index (χ0v) is 18.6. The molecule has 6 heteroatoms. The van der Waals surface area contributed by atoms with E-state index in [4.69, 9.17) is 16.3 Å². The van der Waals surface area contributed by atoms with Crippen LogP contribution in [0.5, 0.6) is 0 Å². The number of piperidine rings is 1. The standard InChI is InChI=1S/C26H26ClN3O2/c27-22-7-5-19(6-8-22)25(20-9-13-28-14-10-20)29-17-24(31)30-15-11-26(12-16-30)23-4-2-1-3-21(23)18-32-26/h1-10,13-14,25,29H,11-12,15-18H2. The van der Waals surface area contributed by atoms with Crippen LogP contribution in [-0.4, -0.2) is 35.4 Å². The molecule has 1 atom stereocenters. The number of nitrogens with zero attached hydrogens (tertiary/aromatic N) is 2. The van der Waals surface area contributed by atoms with Gasteiger partial charge in [-0.05, 0) is 59.4 Å². The molecule has 1 saturated heterocycles. The highest BCUT2D eigenvalue weighted by molar-refractivity contribution is 6.30. The lowest BCUT2D eigenvalue weighted by Gasteiger charge is -2.39. The number of hydrogen-bond donors (Lipinski definition) is 1. The highest BCUT2D eigenvalue weighted by Gasteiger charge is 2.43. The highest BCUT2D eigenvalue weighted by atomic mass is 35.5. The maximum Gasteiger partial charge on any atom is 0.236 e. The first-order chi connectivity index (χ1) is 15.6. The van der Waals surface area contributed by atoms with Crippen LogP contribution in [0.2, 0.25) is 5.02 Å². The van der Waals surface area contributed by atoms with Crippen molar-refractivity contribution in [1.82, 2.24) is 15.2 Å². The number of carbonyl (C=O) groups is 1. The molecule has 0 aliphatic carbocycles. The van der Waals surface area contributed by atoms with Gasteiger partial charge in [0.25, 0.3) is 0 Å². The Morgan fingerprint density at radius 2 is 1.72 bits per heavy atom. The van der Waals surface area contributed by atoms with Crippen LogP contribution in [0, 0.1) is 0 Å². The number of fused-ring (bicyclic) bond motifs is 2. The van der Waals surface area contributed by atoms with Crippen molar-refractivity contribution in [2.24, 2.45) is 0 Å². The molecule has 0 radical (unpaired) electrons. The number of aromatic nitrogens is 1. The lowest BCUT2D eigenvalue weighted by molar-refractivity contribution is -0.137. The molecule has 2 aromatic carbocycles. The highest BCUT2D eigenvalue weighted by Crippen LogP contribution is 2.43. The van der Waals surface area contributed by atoms with Crippen LogP contribution in [0.4, 0.5) is 0 Å². The summed E-state index contributed by atoms with van der Waals surface area (Å²) in [6.07, 6.45) is 5.21. The van der Waals surface area contributed by atoms with E-state index in [0.717, 1.165) is 24.0 Å². The second-order valence-corrected chi connectivity index (χ2v) is 8.90. The molecule has 3 heterocycles. The number of likely N-dealkylation sites (tertiary alicyclic amines) is 1. The van der Waals surface area contributed by atoms with Gasteiger partial charge in [0.05, 0.1) is 24.8 Å². The number of halogens is 1. The van der Waals surface area contributed by atoms with E-state index in [1.165, 1.54) is 11.1 Å². The van der Waals surface area contributed by atoms with Gasteiger partial charge in [0.2, 0.25) is 5.91 Å². The van der Waals surface area contributed by atoms with Gasteiger partial charge < -0.3 is 9.64 Å². The Kier molecular flexibility index (Phi) is 5.96. The summed E-state index contributed by atoms with van der Waals surface area (Å²) in [5.74, 6) is 0.110. The van der Waals surface area contributed by atoms with Crippen LogP contribution in [0.25, 0.3) is 0 Å². The third kappa shape index (κ3) is 4.16. The van der Waals surface area contributed by atoms with Crippen LogP contribution in [-0.2, 0) is 21.7 Å². The van der Waals surface area contributed by atoms with Gasteiger partial charge >= 0.3 is 0 Å². The predicted octanol–water partition coefficient (Wildman–Crippen LogP) is 4.46. The van der Waals surface area contributed by atoms with Crippen molar-refractivity contribution in [3.8, 4) is 0 Å². The normalized spacial score (nSPS) is 17.8. The summed E-state index contributed by atoms with van der Waals surface area (Å²) in [6.45, 7) is 2.34. The minimum atomic E-state index is -0.232. The van der Waals surface area contributed by atoms with Crippen molar-refractivity contribution < 1.29 is 9.53 Å². The molecule has 5 rings (SSSR count). The first-order valence-electron chi connectivity index (χ1n) is 11.0. The molecule has 0 bridgehead atoms. The molecule has 1 unspecified atom stereocenters. The largest absolute Gasteiger partial charge is 0.365 e. The van der Waals surface area contributed by atoms with Gasteiger partial charge in [-0.2, -0.15) is 0 Å². The first kappa shape index (κ1) is 21.1. The third-order valence-corrected chi connectivity index (χ3v) is 6.89.